The maximum atomic E-state index is 13.0. The number of aliphatic hydroxyl groups is 1. The zero-order valence-electron chi connectivity index (χ0n) is 16.3. The van der Waals surface area contributed by atoms with Crippen molar-refractivity contribution in [1.82, 2.24) is 20.8 Å². The Labute approximate surface area is 169 Å². The standard InChI is InChI=1S/C21H25N5O3/c1-22-19(27)13-23-20(15-4-3-5-18(10-15)29-2)21(28)26-17-8-6-14(7-9-17)16-11-24-25-12-16/h3-12,19-20,22-23,27H,13H2,1-2H3,(H,24,25)(H,26,28). The number of aromatic nitrogens is 2. The molecule has 2 atom stereocenters. The van der Waals surface area contributed by atoms with Crippen molar-refractivity contribution in [3.05, 3.63) is 66.5 Å². The minimum atomic E-state index is -0.773. The lowest BCUT2D eigenvalue weighted by Crippen LogP contribution is -2.41. The van der Waals surface area contributed by atoms with E-state index in [0.29, 0.717) is 11.4 Å². The second-order valence-corrected chi connectivity index (χ2v) is 6.48. The van der Waals surface area contributed by atoms with E-state index in [4.69, 9.17) is 4.74 Å². The van der Waals surface area contributed by atoms with Gasteiger partial charge in [0.05, 0.1) is 13.3 Å². The normalized spacial score (nSPS) is 12.9. The molecule has 5 N–H and O–H groups in total. The molecule has 1 amide bonds. The van der Waals surface area contributed by atoms with Gasteiger partial charge in [-0.1, -0.05) is 24.3 Å². The minimum Gasteiger partial charge on any atom is -0.497 e. The first-order valence-corrected chi connectivity index (χ1v) is 9.23. The van der Waals surface area contributed by atoms with E-state index in [0.717, 1.165) is 16.7 Å². The van der Waals surface area contributed by atoms with Gasteiger partial charge < -0.3 is 15.2 Å². The Bertz CT molecular complexity index is 912. The Hall–Kier alpha value is -3.20. The second kappa shape index (κ2) is 9.83. The highest BCUT2D eigenvalue weighted by molar-refractivity contribution is 5.95. The Morgan fingerprint density at radius 3 is 2.66 bits per heavy atom. The van der Waals surface area contributed by atoms with Crippen molar-refractivity contribution in [2.45, 2.75) is 12.3 Å². The summed E-state index contributed by atoms with van der Waals surface area (Å²) in [6.07, 6.45) is 2.78. The lowest BCUT2D eigenvalue weighted by atomic mass is 10.0. The summed E-state index contributed by atoms with van der Waals surface area (Å²) in [4.78, 5) is 13.0. The Morgan fingerprint density at radius 2 is 2.00 bits per heavy atom. The molecule has 0 saturated carbocycles. The van der Waals surface area contributed by atoms with Gasteiger partial charge in [-0.25, -0.2) is 0 Å². The molecule has 1 heterocycles. The Morgan fingerprint density at radius 1 is 1.21 bits per heavy atom. The molecule has 2 aromatic carbocycles. The SMILES string of the molecule is CNC(O)CNC(C(=O)Nc1ccc(-c2cn[nH]c2)cc1)c1cccc(OC)c1. The number of methoxy groups -OCH3 is 1. The van der Waals surface area contributed by atoms with Crippen LogP contribution < -0.4 is 20.7 Å². The van der Waals surface area contributed by atoms with Crippen molar-refractivity contribution in [1.29, 1.82) is 0 Å². The highest BCUT2D eigenvalue weighted by atomic mass is 16.5. The molecule has 152 valence electrons. The lowest BCUT2D eigenvalue weighted by molar-refractivity contribution is -0.118. The summed E-state index contributed by atoms with van der Waals surface area (Å²) in [6.45, 7) is 0.200. The molecule has 1 aromatic heterocycles. The van der Waals surface area contributed by atoms with Crippen molar-refractivity contribution < 1.29 is 14.6 Å². The minimum absolute atomic E-state index is 0.200. The van der Waals surface area contributed by atoms with Crippen molar-refractivity contribution in [3.63, 3.8) is 0 Å². The van der Waals surface area contributed by atoms with Crippen LogP contribution in [0.5, 0.6) is 5.75 Å². The molecule has 0 saturated heterocycles. The van der Waals surface area contributed by atoms with E-state index in [1.54, 1.807) is 26.4 Å². The number of benzene rings is 2. The quantitative estimate of drug-likeness (QED) is 0.354. The summed E-state index contributed by atoms with van der Waals surface area (Å²) in [5, 5.41) is 25.3. The fourth-order valence-corrected chi connectivity index (χ4v) is 2.88. The van der Waals surface area contributed by atoms with Crippen LogP contribution in [-0.2, 0) is 4.79 Å². The van der Waals surface area contributed by atoms with Gasteiger partial charge in [0.2, 0.25) is 5.91 Å². The fourth-order valence-electron chi connectivity index (χ4n) is 2.88. The molecule has 8 nitrogen and oxygen atoms in total. The number of ether oxygens (including phenoxy) is 1. The van der Waals surface area contributed by atoms with Crippen LogP contribution in [0.4, 0.5) is 5.69 Å². The lowest BCUT2D eigenvalue weighted by Gasteiger charge is -2.21. The van der Waals surface area contributed by atoms with E-state index in [9.17, 15) is 9.90 Å². The van der Waals surface area contributed by atoms with Gasteiger partial charge in [-0.2, -0.15) is 5.10 Å². The largest absolute Gasteiger partial charge is 0.497 e. The smallest absolute Gasteiger partial charge is 0.246 e. The molecule has 0 fully saturated rings. The van der Waals surface area contributed by atoms with Crippen LogP contribution in [0.3, 0.4) is 0 Å². The maximum absolute atomic E-state index is 13.0. The summed E-state index contributed by atoms with van der Waals surface area (Å²) < 4.78 is 5.27. The van der Waals surface area contributed by atoms with Crippen LogP contribution in [0, 0.1) is 0 Å². The third-order valence-electron chi connectivity index (χ3n) is 4.52. The molecule has 2 unspecified atom stereocenters. The van der Waals surface area contributed by atoms with E-state index in [1.807, 2.05) is 48.7 Å². The predicted molar refractivity (Wildman–Crippen MR) is 111 cm³/mol. The summed E-state index contributed by atoms with van der Waals surface area (Å²) in [5.41, 5.74) is 3.38. The molecule has 3 rings (SSSR count). The monoisotopic (exact) mass is 395 g/mol. The Balaban J connectivity index is 1.76. The van der Waals surface area contributed by atoms with Gasteiger partial charge in [0.25, 0.3) is 0 Å². The number of nitrogens with zero attached hydrogens (tertiary/aromatic N) is 1. The van der Waals surface area contributed by atoms with Crippen LogP contribution in [0.1, 0.15) is 11.6 Å². The number of hydrogen-bond acceptors (Lipinski definition) is 6. The van der Waals surface area contributed by atoms with E-state index in [-0.39, 0.29) is 12.5 Å². The number of amides is 1. The third kappa shape index (κ3) is 5.41. The average molecular weight is 395 g/mol. The number of carbonyl (C=O) groups is 1. The number of nitrogens with one attached hydrogen (secondary N) is 4. The number of hydrogen-bond donors (Lipinski definition) is 5. The van der Waals surface area contributed by atoms with Crippen molar-refractivity contribution in [2.24, 2.45) is 0 Å². The zero-order valence-corrected chi connectivity index (χ0v) is 16.3. The zero-order chi connectivity index (χ0) is 20.6. The first kappa shape index (κ1) is 20.5. The molecule has 3 aromatic rings. The summed E-state index contributed by atoms with van der Waals surface area (Å²) >= 11 is 0. The molecule has 0 radical (unpaired) electrons. The molecule has 0 aliphatic heterocycles. The molecular weight excluding hydrogens is 370 g/mol. The first-order valence-electron chi connectivity index (χ1n) is 9.23. The maximum Gasteiger partial charge on any atom is 0.246 e. The summed E-state index contributed by atoms with van der Waals surface area (Å²) in [7, 11) is 3.22. The van der Waals surface area contributed by atoms with E-state index >= 15 is 0 Å². The molecule has 8 heteroatoms. The highest BCUT2D eigenvalue weighted by Gasteiger charge is 2.22. The predicted octanol–water partition coefficient (Wildman–Crippen LogP) is 1.89. The van der Waals surface area contributed by atoms with E-state index in [2.05, 4.69) is 26.1 Å². The number of rotatable bonds is 9. The van der Waals surface area contributed by atoms with Gasteiger partial charge in [0.1, 0.15) is 18.0 Å². The number of aromatic amines is 1. The van der Waals surface area contributed by atoms with Crippen LogP contribution in [-0.4, -0.2) is 48.1 Å². The third-order valence-corrected chi connectivity index (χ3v) is 4.52. The second-order valence-electron chi connectivity index (χ2n) is 6.48. The first-order chi connectivity index (χ1) is 14.1. The topological polar surface area (TPSA) is 111 Å². The van der Waals surface area contributed by atoms with Crippen molar-refractivity contribution >= 4 is 11.6 Å². The molecule has 0 spiro atoms. The highest BCUT2D eigenvalue weighted by Crippen LogP contribution is 2.23. The van der Waals surface area contributed by atoms with E-state index in [1.165, 1.54) is 0 Å². The Kier molecular flexibility index (Phi) is 6.96. The number of carbonyl (C=O) groups excluding carboxylic acids is 1. The molecule has 0 bridgehead atoms. The van der Waals surface area contributed by atoms with Gasteiger partial charge in [0.15, 0.2) is 0 Å². The van der Waals surface area contributed by atoms with Gasteiger partial charge in [-0.3, -0.25) is 20.5 Å². The fraction of sp³-hybridized carbons (Fsp3) is 0.238. The average Bonchev–Trinajstić information content (AvgIpc) is 3.29. The van der Waals surface area contributed by atoms with Gasteiger partial charge >= 0.3 is 0 Å². The number of anilines is 1. The van der Waals surface area contributed by atoms with Crippen molar-refractivity contribution in [2.75, 3.05) is 26.0 Å². The van der Waals surface area contributed by atoms with Gasteiger partial charge in [-0.05, 0) is 42.4 Å². The summed E-state index contributed by atoms with van der Waals surface area (Å²) in [6, 6.07) is 14.1. The number of likely N-dealkylation sites (N-methyl/N-ethyl adjacent to an activating group) is 1. The van der Waals surface area contributed by atoms with Gasteiger partial charge in [-0.15, -0.1) is 0 Å². The van der Waals surface area contributed by atoms with Crippen molar-refractivity contribution in [3.8, 4) is 16.9 Å². The molecule has 0 aliphatic rings. The number of H-pyrrole nitrogens is 1. The van der Waals surface area contributed by atoms with Crippen LogP contribution in [0.2, 0.25) is 0 Å². The van der Waals surface area contributed by atoms with Crippen LogP contribution in [0.15, 0.2) is 60.9 Å². The molecular formula is C21H25N5O3. The van der Waals surface area contributed by atoms with E-state index < -0.39 is 12.3 Å². The van der Waals surface area contributed by atoms with Crippen LogP contribution >= 0.6 is 0 Å². The molecule has 0 aliphatic carbocycles. The van der Waals surface area contributed by atoms with Gasteiger partial charge in [0, 0.05) is 24.0 Å². The number of aliphatic hydroxyl groups excluding tert-OH is 1. The summed E-state index contributed by atoms with van der Waals surface area (Å²) in [5.74, 6) is 0.415. The van der Waals surface area contributed by atoms with Crippen LogP contribution in [0.25, 0.3) is 11.1 Å². The molecule has 29 heavy (non-hydrogen) atoms.